The van der Waals surface area contributed by atoms with E-state index in [0.717, 1.165) is 30.4 Å². The van der Waals surface area contributed by atoms with Crippen LogP contribution in [-0.2, 0) is 37.1 Å². The average Bonchev–Trinajstić information content (AvgIpc) is 3.59. The Balaban J connectivity index is 1.12. The summed E-state index contributed by atoms with van der Waals surface area (Å²) in [6.07, 6.45) is 4.69. The highest BCUT2D eigenvalue weighted by Crippen LogP contribution is 2.32. The van der Waals surface area contributed by atoms with Gasteiger partial charge < -0.3 is 25.1 Å². The zero-order valence-electron chi connectivity index (χ0n) is 31.7. The maximum absolute atomic E-state index is 13.9. The summed E-state index contributed by atoms with van der Waals surface area (Å²) >= 11 is 0. The van der Waals surface area contributed by atoms with E-state index in [-0.39, 0.29) is 52.3 Å². The van der Waals surface area contributed by atoms with Crippen LogP contribution in [0, 0.1) is 5.92 Å². The third-order valence-corrected chi connectivity index (χ3v) is 12.4. The number of amides is 2. The van der Waals surface area contributed by atoms with Gasteiger partial charge in [0, 0.05) is 34.7 Å². The molecular formula is C43H46N4O8S. The first-order chi connectivity index (χ1) is 27.0. The van der Waals surface area contributed by atoms with E-state index >= 15 is 0 Å². The number of esters is 2. The number of aromatic nitrogens is 1. The quantitative estimate of drug-likeness (QED) is 0.0984. The first kappa shape index (κ1) is 39.9. The van der Waals surface area contributed by atoms with Crippen LogP contribution in [0.15, 0.2) is 102 Å². The highest BCUT2D eigenvalue weighted by molar-refractivity contribution is 7.89. The number of sulfonamides is 1. The second kappa shape index (κ2) is 17.8. The molecule has 0 unspecified atom stereocenters. The van der Waals surface area contributed by atoms with Crippen molar-refractivity contribution in [1.29, 1.82) is 0 Å². The summed E-state index contributed by atoms with van der Waals surface area (Å²) in [5, 5.41) is 6.37. The molecule has 1 aliphatic rings. The summed E-state index contributed by atoms with van der Waals surface area (Å²) < 4.78 is 38.9. The largest absolute Gasteiger partial charge is 0.469 e. The minimum absolute atomic E-state index is 0.0190. The fourth-order valence-corrected chi connectivity index (χ4v) is 9.09. The number of carbonyl (C=O) groups excluding carboxylic acids is 4. The van der Waals surface area contributed by atoms with Crippen molar-refractivity contribution >= 4 is 56.2 Å². The lowest BCUT2D eigenvalue weighted by Crippen LogP contribution is -2.43. The van der Waals surface area contributed by atoms with Crippen molar-refractivity contribution in [2.45, 2.75) is 62.8 Å². The Labute approximate surface area is 326 Å². The number of aromatic amines is 1. The zero-order valence-corrected chi connectivity index (χ0v) is 32.5. The SMILES string of the molecule is CCN(C1CCC(C(=O)OC)CC1)S(=O)(=O)c1cccc(C(=O)Nc2[nH]c3ccccc3c2C(=O)Nc2ccc(CCCc3ccc(C(=O)OC)cc3)cc2)c1. The number of nitrogens with zero attached hydrogens (tertiary/aromatic N) is 1. The zero-order chi connectivity index (χ0) is 39.8. The number of anilines is 2. The van der Waals surface area contributed by atoms with Crippen molar-refractivity contribution in [2.24, 2.45) is 5.92 Å². The highest BCUT2D eigenvalue weighted by Gasteiger charge is 2.35. The molecule has 4 aromatic carbocycles. The molecule has 1 saturated carbocycles. The number of H-pyrrole nitrogens is 1. The number of fused-ring (bicyclic) bond motifs is 1. The van der Waals surface area contributed by atoms with Gasteiger partial charge in [0.2, 0.25) is 10.0 Å². The molecule has 1 aliphatic carbocycles. The smallest absolute Gasteiger partial charge is 0.337 e. The Kier molecular flexibility index (Phi) is 12.7. The van der Waals surface area contributed by atoms with Gasteiger partial charge in [0.15, 0.2) is 0 Å². The Morgan fingerprint density at radius 3 is 2.05 bits per heavy atom. The number of rotatable bonds is 14. The van der Waals surface area contributed by atoms with E-state index < -0.39 is 21.8 Å². The molecule has 0 spiro atoms. The van der Waals surface area contributed by atoms with E-state index in [0.29, 0.717) is 47.8 Å². The number of para-hydroxylation sites is 1. The Morgan fingerprint density at radius 2 is 1.41 bits per heavy atom. The van der Waals surface area contributed by atoms with Gasteiger partial charge >= 0.3 is 11.9 Å². The van der Waals surface area contributed by atoms with Crippen LogP contribution in [0.3, 0.4) is 0 Å². The van der Waals surface area contributed by atoms with Crippen molar-refractivity contribution in [3.05, 3.63) is 125 Å². The summed E-state index contributed by atoms with van der Waals surface area (Å²) in [6, 6.07) is 27.8. The first-order valence-electron chi connectivity index (χ1n) is 18.7. The number of ether oxygens (including phenoxy) is 2. The number of hydrogen-bond donors (Lipinski definition) is 3. The van der Waals surface area contributed by atoms with Gasteiger partial charge in [-0.25, -0.2) is 13.2 Å². The third-order valence-electron chi connectivity index (χ3n) is 10.3. The molecule has 6 rings (SSSR count). The molecule has 5 aromatic rings. The van der Waals surface area contributed by atoms with E-state index in [1.807, 2.05) is 42.5 Å². The van der Waals surface area contributed by atoms with E-state index in [2.05, 4.69) is 15.6 Å². The fraction of sp³-hybridized carbons (Fsp3) is 0.302. The molecule has 292 valence electrons. The van der Waals surface area contributed by atoms with Gasteiger partial charge in [-0.3, -0.25) is 14.4 Å². The Bertz CT molecular complexity index is 2310. The molecule has 0 radical (unpaired) electrons. The van der Waals surface area contributed by atoms with Crippen LogP contribution in [0.5, 0.6) is 0 Å². The minimum atomic E-state index is -3.97. The van der Waals surface area contributed by atoms with Crippen molar-refractivity contribution in [1.82, 2.24) is 9.29 Å². The van der Waals surface area contributed by atoms with Crippen molar-refractivity contribution in [3.8, 4) is 0 Å². The van der Waals surface area contributed by atoms with Crippen molar-refractivity contribution < 1.29 is 37.1 Å². The summed E-state index contributed by atoms with van der Waals surface area (Å²) in [5.41, 5.74) is 4.30. The van der Waals surface area contributed by atoms with Crippen LogP contribution >= 0.6 is 0 Å². The number of hydrogen-bond acceptors (Lipinski definition) is 8. The number of benzene rings is 4. The number of methoxy groups -OCH3 is 2. The summed E-state index contributed by atoms with van der Waals surface area (Å²) in [6.45, 7) is 2.01. The van der Waals surface area contributed by atoms with Gasteiger partial charge in [0.25, 0.3) is 11.8 Å². The molecule has 0 aliphatic heterocycles. The topological polar surface area (TPSA) is 164 Å². The standard InChI is InChI=1S/C43H46N4O8S/c1-4-47(34-25-21-31(22-26-34)43(51)55-3)56(52,53)35-12-8-11-32(27-35)40(48)46-39-38(36-13-5-6-14-37(36)45-39)41(49)44-33-23-17-29(18-24-33)10-7-9-28-15-19-30(20-16-28)42(50)54-2/h5-6,8,11-20,23-24,27,31,34,45H,4,7,9-10,21-22,25-26H2,1-3H3,(H,44,49)(H,46,48). The van der Waals surface area contributed by atoms with Gasteiger partial charge in [-0.15, -0.1) is 0 Å². The molecule has 2 amide bonds. The Hall–Kier alpha value is -5.79. The minimum Gasteiger partial charge on any atom is -0.469 e. The second-order valence-corrected chi connectivity index (χ2v) is 15.7. The number of carbonyl (C=O) groups is 4. The summed E-state index contributed by atoms with van der Waals surface area (Å²) in [7, 11) is -1.26. The monoisotopic (exact) mass is 778 g/mol. The van der Waals surface area contributed by atoms with Crippen LogP contribution in [0.4, 0.5) is 11.5 Å². The van der Waals surface area contributed by atoms with Crippen LogP contribution < -0.4 is 10.6 Å². The lowest BCUT2D eigenvalue weighted by atomic mass is 9.86. The Morgan fingerprint density at radius 1 is 0.750 bits per heavy atom. The van der Waals surface area contributed by atoms with E-state index in [9.17, 15) is 27.6 Å². The normalized spacial score (nSPS) is 15.6. The molecule has 13 heteroatoms. The number of aryl methyl sites for hydroxylation is 2. The van der Waals surface area contributed by atoms with E-state index in [4.69, 9.17) is 9.47 Å². The second-order valence-electron chi connectivity index (χ2n) is 13.8. The summed E-state index contributed by atoms with van der Waals surface area (Å²) in [5.74, 6) is -1.72. The van der Waals surface area contributed by atoms with Gasteiger partial charge in [0.05, 0.1) is 36.2 Å². The van der Waals surface area contributed by atoms with Gasteiger partial charge in [-0.2, -0.15) is 4.31 Å². The average molecular weight is 779 g/mol. The fourth-order valence-electron chi connectivity index (χ4n) is 7.35. The van der Waals surface area contributed by atoms with Crippen LogP contribution in [-0.4, -0.2) is 68.3 Å². The maximum atomic E-state index is 13.9. The molecule has 3 N–H and O–H groups in total. The molecular weight excluding hydrogens is 733 g/mol. The van der Waals surface area contributed by atoms with E-state index in [1.165, 1.54) is 42.8 Å². The van der Waals surface area contributed by atoms with Crippen LogP contribution in [0.2, 0.25) is 0 Å². The van der Waals surface area contributed by atoms with Gasteiger partial charge in [-0.1, -0.05) is 55.5 Å². The molecule has 0 saturated heterocycles. The van der Waals surface area contributed by atoms with Gasteiger partial charge in [0.1, 0.15) is 5.82 Å². The lowest BCUT2D eigenvalue weighted by Gasteiger charge is -2.34. The molecule has 0 atom stereocenters. The van der Waals surface area contributed by atoms with Crippen LogP contribution in [0.1, 0.15) is 81.2 Å². The first-order valence-corrected chi connectivity index (χ1v) is 20.2. The van der Waals surface area contributed by atoms with Gasteiger partial charge in [-0.05, 0) is 105 Å². The molecule has 56 heavy (non-hydrogen) atoms. The molecule has 1 heterocycles. The molecule has 0 bridgehead atoms. The lowest BCUT2D eigenvalue weighted by molar-refractivity contribution is -0.146. The number of nitrogens with one attached hydrogen (secondary N) is 3. The maximum Gasteiger partial charge on any atom is 0.337 e. The predicted octanol–water partition coefficient (Wildman–Crippen LogP) is 7.38. The molecule has 12 nitrogen and oxygen atoms in total. The molecule has 1 fully saturated rings. The van der Waals surface area contributed by atoms with Crippen molar-refractivity contribution in [2.75, 3.05) is 31.4 Å². The third kappa shape index (κ3) is 9.01. The van der Waals surface area contributed by atoms with E-state index in [1.54, 1.807) is 37.3 Å². The van der Waals surface area contributed by atoms with Crippen molar-refractivity contribution in [3.63, 3.8) is 0 Å². The predicted molar refractivity (Wildman–Crippen MR) is 214 cm³/mol. The summed E-state index contributed by atoms with van der Waals surface area (Å²) in [4.78, 5) is 54.4. The van der Waals surface area contributed by atoms with Crippen LogP contribution in [0.25, 0.3) is 10.9 Å². The highest BCUT2D eigenvalue weighted by atomic mass is 32.2. The molecule has 1 aromatic heterocycles.